The molecule has 2 rings (SSSR count). The molecule has 0 N–H and O–H groups in total. The van der Waals surface area contributed by atoms with Gasteiger partial charge in [-0.3, -0.25) is 9.98 Å². The third kappa shape index (κ3) is 3.13. The van der Waals surface area contributed by atoms with Crippen LogP contribution in [0.5, 0.6) is 0 Å². The minimum atomic E-state index is 0.914. The Morgan fingerprint density at radius 2 is 2.14 bits per heavy atom. The Labute approximate surface area is 87.8 Å². The summed E-state index contributed by atoms with van der Waals surface area (Å²) in [4.78, 5) is 8.37. The van der Waals surface area contributed by atoms with Crippen LogP contribution in [0.15, 0.2) is 41.7 Å². The Morgan fingerprint density at radius 1 is 1.36 bits per heavy atom. The highest BCUT2D eigenvalue weighted by Gasteiger charge is 2.03. The summed E-state index contributed by atoms with van der Waals surface area (Å²) in [6.07, 6.45) is 6.56. The monoisotopic (exact) mass is 191 g/mol. The van der Waals surface area contributed by atoms with E-state index in [1.165, 1.54) is 7.40 Å². The van der Waals surface area contributed by atoms with Gasteiger partial charge in [0.15, 0.2) is 0 Å². The van der Waals surface area contributed by atoms with Gasteiger partial charge >= 0.3 is 0 Å². The van der Waals surface area contributed by atoms with Gasteiger partial charge < -0.3 is 0 Å². The van der Waals surface area contributed by atoms with Crippen molar-refractivity contribution >= 4 is 5.71 Å². The fourth-order valence-electron chi connectivity index (χ4n) is 1.06. The maximum Gasteiger partial charge on any atom is 0.0847 e. The fourth-order valence-corrected chi connectivity index (χ4v) is 1.06. The van der Waals surface area contributed by atoms with Crippen LogP contribution in [0.1, 0.15) is 34.7 Å². The van der Waals surface area contributed by atoms with Gasteiger partial charge in [-0.05, 0) is 12.1 Å². The number of pyridine rings is 1. The average molecular weight is 191 g/mol. The maximum atomic E-state index is 5.75. The van der Waals surface area contributed by atoms with Crippen molar-refractivity contribution in [3.8, 4) is 0 Å². The van der Waals surface area contributed by atoms with Crippen molar-refractivity contribution in [3.63, 3.8) is 0 Å². The zero-order chi connectivity index (χ0) is 11.5. The topological polar surface area (TPSA) is 25.2 Å². The van der Waals surface area contributed by atoms with Gasteiger partial charge in [0.25, 0.3) is 0 Å². The highest BCUT2D eigenvalue weighted by atomic mass is 14.8. The lowest BCUT2D eigenvalue weighted by Gasteiger charge is -1.95. The Kier molecular flexibility index (Phi) is 5.33. The molecule has 0 aromatic carbocycles. The molecule has 76 valence electrons. The minimum Gasteiger partial charge on any atom is -0.259 e. The molecule has 1 aromatic heterocycles. The molecule has 0 fully saturated rings. The van der Waals surface area contributed by atoms with Crippen molar-refractivity contribution in [2.45, 2.75) is 27.7 Å². The van der Waals surface area contributed by atoms with E-state index in [-0.39, 0.29) is 0 Å². The molecule has 2 heteroatoms. The number of allylic oxidation sites excluding steroid dienone is 1. The molecule has 0 spiro atoms. The molecule has 2 heterocycles. The van der Waals surface area contributed by atoms with Crippen molar-refractivity contribution in [1.29, 1.82) is 0 Å². The number of aliphatic imine (C=N–C) groups is 1. The lowest BCUT2D eigenvalue weighted by Crippen LogP contribution is -1.98. The summed E-state index contributed by atoms with van der Waals surface area (Å²) in [5.41, 5.74) is 2.04. The smallest absolute Gasteiger partial charge is 0.0847 e. The Bertz CT molecular complexity index is 305. The predicted molar refractivity (Wildman–Crippen MR) is 62.6 cm³/mol. The molecule has 1 aliphatic rings. The van der Waals surface area contributed by atoms with E-state index in [0.29, 0.717) is 0 Å². The summed E-state index contributed by atoms with van der Waals surface area (Å²) in [6.45, 7) is 4.00. The molecule has 0 amide bonds. The van der Waals surface area contributed by atoms with Gasteiger partial charge in [-0.15, -0.1) is 0 Å². The molecule has 14 heavy (non-hydrogen) atoms. The normalized spacial score (nSPS) is 12.8. The Balaban J connectivity index is 0.000000442. The van der Waals surface area contributed by atoms with E-state index in [9.17, 15) is 0 Å². The zero-order valence-corrected chi connectivity index (χ0v) is 9.07. The van der Waals surface area contributed by atoms with E-state index in [1.54, 1.807) is 6.20 Å². The highest BCUT2D eigenvalue weighted by molar-refractivity contribution is 6.01. The first kappa shape index (κ1) is 10.6. The highest BCUT2D eigenvalue weighted by Crippen LogP contribution is 2.07. The summed E-state index contributed by atoms with van der Waals surface area (Å²) < 4.78 is 5.75. The molecule has 0 aliphatic carbocycles. The lowest BCUT2D eigenvalue weighted by molar-refractivity contribution is 1.27. The minimum absolute atomic E-state index is 0.914. The summed E-state index contributed by atoms with van der Waals surface area (Å²) in [5, 5.41) is 0. The van der Waals surface area contributed by atoms with E-state index in [4.69, 9.17) is 1.37 Å². The first-order valence-corrected chi connectivity index (χ1v) is 4.60. The third-order valence-corrected chi connectivity index (χ3v) is 1.61. The average Bonchev–Trinajstić information content (AvgIpc) is 2.89. The van der Waals surface area contributed by atoms with Gasteiger partial charge in [0.1, 0.15) is 0 Å². The molecule has 0 atom stereocenters. The molecule has 1 aromatic rings. The van der Waals surface area contributed by atoms with Gasteiger partial charge in [-0.25, -0.2) is 0 Å². The van der Waals surface area contributed by atoms with E-state index in [0.717, 1.165) is 17.8 Å². The summed E-state index contributed by atoms with van der Waals surface area (Å²) >= 11 is 0. The van der Waals surface area contributed by atoms with Crippen LogP contribution < -0.4 is 0 Å². The van der Waals surface area contributed by atoms with E-state index in [1.807, 2.05) is 44.3 Å². The van der Waals surface area contributed by atoms with Crippen LogP contribution in [0.4, 0.5) is 0 Å². The summed E-state index contributed by atoms with van der Waals surface area (Å²) in [7, 11) is 1.25. The van der Waals surface area contributed by atoms with E-state index < -0.39 is 0 Å². The van der Waals surface area contributed by atoms with Gasteiger partial charge in [0.2, 0.25) is 0 Å². The summed E-state index contributed by atoms with van der Waals surface area (Å²) in [6, 6.07) is 5.86. The fraction of sp³-hybridized carbons (Fsp3) is 0.333. The van der Waals surface area contributed by atoms with Crippen LogP contribution in [0, 0.1) is 0 Å². The van der Waals surface area contributed by atoms with E-state index in [2.05, 4.69) is 9.98 Å². The second kappa shape index (κ2) is 7.01. The first-order chi connectivity index (χ1) is 7.47. The van der Waals surface area contributed by atoms with Crippen molar-refractivity contribution < 1.29 is 1.37 Å². The lowest BCUT2D eigenvalue weighted by atomic mass is 10.2. The quantitative estimate of drug-likeness (QED) is 0.667. The molecule has 0 saturated carbocycles. The van der Waals surface area contributed by atoms with Crippen molar-refractivity contribution in [1.82, 2.24) is 4.98 Å². The van der Waals surface area contributed by atoms with Crippen LogP contribution in [-0.4, -0.2) is 10.7 Å². The van der Waals surface area contributed by atoms with Crippen LogP contribution in [-0.2, 0) is 0 Å². The number of hydrogen-bond donors (Lipinski definition) is 0. The molecule has 0 bridgehead atoms. The van der Waals surface area contributed by atoms with E-state index >= 15 is 0 Å². The van der Waals surface area contributed by atoms with Gasteiger partial charge in [0, 0.05) is 20.2 Å². The SMILES string of the molecule is C1=CN=C(c2ccccn2)C1.CC.[2H]C. The predicted octanol–water partition coefficient (Wildman–Crippen LogP) is 3.45. The second-order valence-corrected chi connectivity index (χ2v) is 2.38. The van der Waals surface area contributed by atoms with Gasteiger partial charge in [0.05, 0.1) is 11.4 Å². The van der Waals surface area contributed by atoms with Crippen molar-refractivity contribution in [2.24, 2.45) is 4.99 Å². The first-order valence-electron chi connectivity index (χ1n) is 5.60. The van der Waals surface area contributed by atoms with Crippen LogP contribution in [0.2, 0.25) is 0 Å². The molecule has 0 unspecified atom stereocenters. The second-order valence-electron chi connectivity index (χ2n) is 2.38. The van der Waals surface area contributed by atoms with Gasteiger partial charge in [-0.2, -0.15) is 0 Å². The molecule has 2 nitrogen and oxygen atoms in total. The summed E-state index contributed by atoms with van der Waals surface area (Å²) in [5.74, 6) is 0. The van der Waals surface area contributed by atoms with Crippen molar-refractivity contribution in [3.05, 3.63) is 42.4 Å². The molecule has 0 radical (unpaired) electrons. The number of nitrogens with zero attached hydrogens (tertiary/aromatic N) is 2. The van der Waals surface area contributed by atoms with Crippen LogP contribution in [0.25, 0.3) is 0 Å². The van der Waals surface area contributed by atoms with Crippen molar-refractivity contribution in [2.75, 3.05) is 0 Å². The van der Waals surface area contributed by atoms with Crippen LogP contribution in [0.3, 0.4) is 0 Å². The Hall–Kier alpha value is -1.44. The number of rotatable bonds is 1. The Morgan fingerprint density at radius 3 is 2.64 bits per heavy atom. The maximum absolute atomic E-state index is 5.75. The molecule has 1 aliphatic heterocycles. The van der Waals surface area contributed by atoms with Gasteiger partial charge in [-0.1, -0.05) is 33.4 Å². The number of aromatic nitrogens is 1. The molecule has 0 saturated heterocycles. The van der Waals surface area contributed by atoms with Crippen LogP contribution >= 0.6 is 0 Å². The molecular weight excluding hydrogens is 172 g/mol. The molecular formula is C12H18N2. The largest absolute Gasteiger partial charge is 0.259 e. The standard InChI is InChI=1S/C9H8N2.C2H6.CH4/c1-2-6-10-8(4-1)9-5-3-7-11-9;1-2;/h1-4,6-7H,5H2;1-2H3;1H4/i;;1D. The third-order valence-electron chi connectivity index (χ3n) is 1.61. The number of hydrogen-bond acceptors (Lipinski definition) is 2. The zero-order valence-electron chi connectivity index (χ0n) is 10.1.